The van der Waals surface area contributed by atoms with Crippen molar-refractivity contribution in [2.24, 2.45) is 5.41 Å². The highest BCUT2D eigenvalue weighted by Crippen LogP contribution is 2.44. The number of hydrogen-bond donors (Lipinski definition) is 1. The second-order valence-electron chi connectivity index (χ2n) is 8.29. The first-order chi connectivity index (χ1) is 11.2. The molecule has 0 aliphatic heterocycles. The van der Waals surface area contributed by atoms with Crippen molar-refractivity contribution in [1.82, 2.24) is 5.32 Å². The van der Waals surface area contributed by atoms with Gasteiger partial charge in [-0.3, -0.25) is 9.59 Å². The Balaban J connectivity index is 1.93. The predicted molar refractivity (Wildman–Crippen MR) is 101 cm³/mol. The minimum absolute atomic E-state index is 0.0199. The average molecular weight is 366 g/mol. The number of thiophene rings is 1. The molecule has 1 N–H and O–H groups in total. The van der Waals surface area contributed by atoms with Gasteiger partial charge in [-0.15, -0.1) is 23.1 Å². The van der Waals surface area contributed by atoms with Crippen LogP contribution in [-0.4, -0.2) is 23.5 Å². The maximum absolute atomic E-state index is 13.0. The van der Waals surface area contributed by atoms with Crippen LogP contribution in [0.1, 0.15) is 84.9 Å². The fraction of sp³-hybridized carbons (Fsp3) is 0.684. The van der Waals surface area contributed by atoms with Gasteiger partial charge in [-0.1, -0.05) is 33.1 Å². The Morgan fingerprint density at radius 1 is 1.12 bits per heavy atom. The molecule has 0 unspecified atom stereocenters. The van der Waals surface area contributed by atoms with Gasteiger partial charge in [0, 0.05) is 17.5 Å². The van der Waals surface area contributed by atoms with Crippen LogP contribution in [-0.2, 0) is 6.42 Å². The van der Waals surface area contributed by atoms with Crippen LogP contribution in [0.3, 0.4) is 0 Å². The van der Waals surface area contributed by atoms with Crippen LogP contribution in [0.15, 0.2) is 4.21 Å². The van der Waals surface area contributed by atoms with Crippen molar-refractivity contribution in [2.45, 2.75) is 75.5 Å². The second-order valence-corrected chi connectivity index (χ2v) is 10.4. The fourth-order valence-corrected chi connectivity index (χ4v) is 6.06. The highest BCUT2D eigenvalue weighted by atomic mass is 32.2. The highest BCUT2D eigenvalue weighted by Gasteiger charge is 2.38. The van der Waals surface area contributed by atoms with Gasteiger partial charge in [-0.05, 0) is 43.4 Å². The van der Waals surface area contributed by atoms with Crippen LogP contribution < -0.4 is 5.32 Å². The van der Waals surface area contributed by atoms with Crippen molar-refractivity contribution < 1.29 is 9.59 Å². The van der Waals surface area contributed by atoms with Crippen LogP contribution in [0.4, 0.5) is 0 Å². The molecule has 0 saturated heterocycles. The van der Waals surface area contributed by atoms with Crippen molar-refractivity contribution in [2.75, 3.05) is 6.26 Å². The Bertz CT molecular complexity index is 669. The first-order valence-corrected chi connectivity index (χ1v) is 10.8. The van der Waals surface area contributed by atoms with E-state index in [9.17, 15) is 9.59 Å². The number of carbonyl (C=O) groups is 2. The first kappa shape index (κ1) is 18.0. The van der Waals surface area contributed by atoms with Gasteiger partial charge in [0.1, 0.15) is 0 Å². The summed E-state index contributed by atoms with van der Waals surface area (Å²) in [6.07, 6.45) is 9.09. The Hall–Kier alpha value is -0.810. The largest absolute Gasteiger partial charge is 0.346 e. The number of thioether (sulfide) groups is 1. The summed E-state index contributed by atoms with van der Waals surface area (Å²) in [5.74, 6) is 0.219. The third-order valence-corrected chi connectivity index (χ3v) is 7.66. The number of carbonyl (C=O) groups excluding carboxylic acids is 2. The summed E-state index contributed by atoms with van der Waals surface area (Å²) < 4.78 is 1.00. The van der Waals surface area contributed by atoms with Crippen molar-refractivity contribution in [3.8, 4) is 0 Å². The number of hydrogen-bond acceptors (Lipinski definition) is 4. The summed E-state index contributed by atoms with van der Waals surface area (Å²) in [5, 5.41) is 3.29. The molecule has 5 heteroatoms. The van der Waals surface area contributed by atoms with E-state index in [-0.39, 0.29) is 22.6 Å². The van der Waals surface area contributed by atoms with E-state index in [1.54, 1.807) is 11.8 Å². The summed E-state index contributed by atoms with van der Waals surface area (Å²) >= 11 is 3.09. The summed E-state index contributed by atoms with van der Waals surface area (Å²) in [7, 11) is 0. The van der Waals surface area contributed by atoms with Gasteiger partial charge in [-0.25, -0.2) is 0 Å². The maximum atomic E-state index is 13.0. The predicted octanol–water partition coefficient (Wildman–Crippen LogP) is 5.08. The van der Waals surface area contributed by atoms with Gasteiger partial charge in [0.15, 0.2) is 5.78 Å². The van der Waals surface area contributed by atoms with Crippen molar-refractivity contribution in [3.05, 3.63) is 16.0 Å². The third kappa shape index (κ3) is 3.43. The number of fused-ring (bicyclic) bond motifs is 1. The molecule has 1 fully saturated rings. The van der Waals surface area contributed by atoms with Gasteiger partial charge in [-0.2, -0.15) is 0 Å². The number of Topliss-reactive ketones (excluding diaryl/α,β-unsaturated/α-hetero) is 1. The molecule has 1 heterocycles. The highest BCUT2D eigenvalue weighted by molar-refractivity contribution is 8.00. The summed E-state index contributed by atoms with van der Waals surface area (Å²) in [4.78, 5) is 26.4. The van der Waals surface area contributed by atoms with E-state index in [1.807, 2.05) is 6.26 Å². The summed E-state index contributed by atoms with van der Waals surface area (Å²) in [5.41, 5.74) is 1.65. The fourth-order valence-electron chi connectivity index (χ4n) is 4.07. The molecule has 1 amide bonds. The molecule has 2 aliphatic rings. The lowest BCUT2D eigenvalue weighted by Gasteiger charge is -2.35. The molecule has 1 aromatic heterocycles. The number of ketones is 1. The van der Waals surface area contributed by atoms with Gasteiger partial charge in [0.05, 0.1) is 9.09 Å². The topological polar surface area (TPSA) is 46.2 Å². The smallest absolute Gasteiger partial charge is 0.262 e. The van der Waals surface area contributed by atoms with Crippen LogP contribution in [0, 0.1) is 5.41 Å². The zero-order valence-electron chi connectivity index (χ0n) is 15.1. The zero-order valence-corrected chi connectivity index (χ0v) is 16.7. The molecular weight excluding hydrogens is 338 g/mol. The van der Waals surface area contributed by atoms with Crippen molar-refractivity contribution in [3.63, 3.8) is 0 Å². The molecule has 132 valence electrons. The van der Waals surface area contributed by atoms with E-state index in [0.717, 1.165) is 39.5 Å². The lowest BCUT2D eigenvalue weighted by atomic mass is 9.74. The molecular formula is C19H27NO2S2. The van der Waals surface area contributed by atoms with Crippen LogP contribution in [0.2, 0.25) is 0 Å². The van der Waals surface area contributed by atoms with E-state index in [0.29, 0.717) is 6.42 Å². The number of amides is 1. The molecule has 1 aromatic rings. The molecule has 0 radical (unpaired) electrons. The molecule has 24 heavy (non-hydrogen) atoms. The van der Waals surface area contributed by atoms with E-state index < -0.39 is 0 Å². The standard InChI is InChI=1S/C19H27NO2S2/c1-18(2)10-12-14(13(21)11-18)17(23-4)24-15(12)16(22)20-19(3)8-6-5-7-9-19/h5-11H2,1-4H3,(H,20,22). The maximum Gasteiger partial charge on any atom is 0.262 e. The first-order valence-electron chi connectivity index (χ1n) is 8.80. The second kappa shape index (κ2) is 6.49. The number of rotatable bonds is 3. The molecule has 0 aromatic carbocycles. The van der Waals surface area contributed by atoms with Crippen LogP contribution in [0.25, 0.3) is 0 Å². The normalized spacial score (nSPS) is 22.1. The molecule has 1 saturated carbocycles. The molecule has 2 aliphatic carbocycles. The molecule has 0 atom stereocenters. The Morgan fingerprint density at radius 2 is 1.79 bits per heavy atom. The van der Waals surface area contributed by atoms with Gasteiger partial charge >= 0.3 is 0 Å². The van der Waals surface area contributed by atoms with E-state index in [1.165, 1.54) is 30.6 Å². The van der Waals surface area contributed by atoms with E-state index in [4.69, 9.17) is 0 Å². The quantitative estimate of drug-likeness (QED) is 0.760. The van der Waals surface area contributed by atoms with Crippen LogP contribution in [0.5, 0.6) is 0 Å². The summed E-state index contributed by atoms with van der Waals surface area (Å²) in [6.45, 7) is 6.40. The molecule has 0 bridgehead atoms. The number of nitrogens with one attached hydrogen (secondary N) is 1. The monoisotopic (exact) mass is 365 g/mol. The minimum Gasteiger partial charge on any atom is -0.346 e. The van der Waals surface area contributed by atoms with E-state index in [2.05, 4.69) is 26.1 Å². The summed E-state index contributed by atoms with van der Waals surface area (Å²) in [6, 6.07) is 0. The SMILES string of the molecule is CSc1sc(C(=O)NC2(C)CCCCC2)c2c1C(=O)CC(C)(C)C2. The Morgan fingerprint density at radius 3 is 2.42 bits per heavy atom. The van der Waals surface area contributed by atoms with E-state index >= 15 is 0 Å². The lowest BCUT2D eigenvalue weighted by molar-refractivity contribution is 0.0884. The third-order valence-electron chi connectivity index (χ3n) is 5.31. The van der Waals surface area contributed by atoms with Gasteiger partial charge < -0.3 is 5.32 Å². The van der Waals surface area contributed by atoms with Gasteiger partial charge in [0.25, 0.3) is 5.91 Å². The molecule has 0 spiro atoms. The molecule has 3 rings (SSSR count). The lowest BCUT2D eigenvalue weighted by Crippen LogP contribution is -2.47. The Labute approximate surface area is 153 Å². The minimum atomic E-state index is -0.0973. The zero-order chi connectivity index (χ0) is 17.5. The van der Waals surface area contributed by atoms with Crippen molar-refractivity contribution in [1.29, 1.82) is 0 Å². The van der Waals surface area contributed by atoms with Crippen molar-refractivity contribution >= 4 is 34.8 Å². The van der Waals surface area contributed by atoms with Gasteiger partial charge in [0.2, 0.25) is 0 Å². The van der Waals surface area contributed by atoms with Crippen LogP contribution >= 0.6 is 23.1 Å². The Kier molecular flexibility index (Phi) is 4.86. The average Bonchev–Trinajstić information content (AvgIpc) is 2.85. The molecule has 3 nitrogen and oxygen atoms in total.